The standard InChI is InChI=1S/C36H22N2O4/c39-33-25-15-11-21-23-13-17-27-32-28(36(42)38(35(27)41)20-9-5-2-6-10-20)18-14-24(30(23)32)22-12-16-26(31(25)29(21)22)34(40)37(33)19-7-3-1-4-8-19/h1-3,5,7,9,11-18H,4,6,8,10H2. The summed E-state index contributed by atoms with van der Waals surface area (Å²) in [6.07, 6.45) is 14.3. The minimum atomic E-state index is -0.308. The summed E-state index contributed by atoms with van der Waals surface area (Å²) in [5.41, 5.74) is 3.44. The van der Waals surface area contributed by atoms with Gasteiger partial charge in [0.2, 0.25) is 0 Å². The average Bonchev–Trinajstić information content (AvgIpc) is 3.03. The Morgan fingerprint density at radius 1 is 0.429 bits per heavy atom. The van der Waals surface area contributed by atoms with Gasteiger partial charge in [0.1, 0.15) is 0 Å². The first kappa shape index (κ1) is 23.4. The van der Waals surface area contributed by atoms with E-state index in [0.717, 1.165) is 45.2 Å². The van der Waals surface area contributed by atoms with Crippen molar-refractivity contribution in [3.63, 3.8) is 0 Å². The Labute approximate surface area is 239 Å². The van der Waals surface area contributed by atoms with Gasteiger partial charge in [0.05, 0.1) is 0 Å². The summed E-state index contributed by atoms with van der Waals surface area (Å²) >= 11 is 0. The third kappa shape index (κ3) is 2.79. The summed E-state index contributed by atoms with van der Waals surface area (Å²) in [5, 5.41) is 6.59. The van der Waals surface area contributed by atoms with Gasteiger partial charge >= 0.3 is 0 Å². The average molecular weight is 547 g/mol. The number of rotatable bonds is 2. The molecule has 0 N–H and O–H groups in total. The highest BCUT2D eigenvalue weighted by molar-refractivity contribution is 6.41. The van der Waals surface area contributed by atoms with Crippen molar-refractivity contribution in [2.75, 3.05) is 0 Å². The molecule has 2 heterocycles. The zero-order chi connectivity index (χ0) is 28.3. The second-order valence-corrected chi connectivity index (χ2v) is 11.3. The molecule has 5 aromatic carbocycles. The minimum Gasteiger partial charge on any atom is -0.268 e. The molecule has 200 valence electrons. The van der Waals surface area contributed by atoms with Crippen LogP contribution < -0.4 is 0 Å². The maximum atomic E-state index is 13.8. The molecule has 0 radical (unpaired) electrons. The Kier molecular flexibility index (Phi) is 4.51. The molecule has 0 spiro atoms. The minimum absolute atomic E-state index is 0.308. The van der Waals surface area contributed by atoms with Gasteiger partial charge < -0.3 is 0 Å². The molecular weight excluding hydrogens is 524 g/mol. The molecule has 4 amide bonds. The van der Waals surface area contributed by atoms with Crippen LogP contribution in [0.5, 0.6) is 0 Å². The van der Waals surface area contributed by atoms with Gasteiger partial charge in [-0.2, -0.15) is 0 Å². The quantitative estimate of drug-likeness (QED) is 0.131. The Morgan fingerprint density at radius 2 is 0.762 bits per heavy atom. The number of hydrogen-bond donors (Lipinski definition) is 0. The van der Waals surface area contributed by atoms with Crippen molar-refractivity contribution < 1.29 is 19.2 Å². The zero-order valence-corrected chi connectivity index (χ0v) is 22.4. The third-order valence-corrected chi connectivity index (χ3v) is 9.19. The number of carbonyl (C=O) groups is 4. The van der Waals surface area contributed by atoms with Crippen molar-refractivity contribution >= 4 is 66.7 Å². The molecule has 0 atom stereocenters. The molecule has 0 bridgehead atoms. The highest BCUT2D eigenvalue weighted by atomic mass is 16.2. The number of benzene rings is 5. The number of carbonyl (C=O) groups excluding carboxylic acids is 4. The first-order chi connectivity index (χ1) is 20.5. The fraction of sp³-hybridized carbons (Fsp3) is 0.111. The van der Waals surface area contributed by atoms with E-state index in [0.29, 0.717) is 57.3 Å². The Balaban J connectivity index is 1.33. The normalized spacial score (nSPS) is 18.3. The zero-order valence-electron chi connectivity index (χ0n) is 22.4. The largest absolute Gasteiger partial charge is 0.268 e. The summed E-state index contributed by atoms with van der Waals surface area (Å²) in [7, 11) is 0. The molecule has 42 heavy (non-hydrogen) atoms. The summed E-state index contributed by atoms with van der Waals surface area (Å²) < 4.78 is 0. The van der Waals surface area contributed by atoms with Crippen LogP contribution in [0, 0.1) is 0 Å². The molecule has 4 aliphatic rings. The Hall–Kier alpha value is -5.36. The van der Waals surface area contributed by atoms with E-state index in [1.165, 1.54) is 9.80 Å². The number of amides is 4. The molecule has 2 aliphatic heterocycles. The number of allylic oxidation sites excluding steroid dienone is 8. The summed E-state index contributed by atoms with van der Waals surface area (Å²) in [5.74, 6) is -1.23. The molecule has 0 fully saturated rings. The fourth-order valence-electron chi connectivity index (χ4n) is 7.34. The van der Waals surface area contributed by atoms with E-state index in [9.17, 15) is 19.2 Å². The van der Waals surface area contributed by atoms with E-state index in [-0.39, 0.29) is 23.6 Å². The van der Waals surface area contributed by atoms with Gasteiger partial charge in [0.25, 0.3) is 23.6 Å². The highest BCUT2D eigenvalue weighted by Gasteiger charge is 2.38. The lowest BCUT2D eigenvalue weighted by Crippen LogP contribution is -2.40. The SMILES string of the molecule is O=C1c2ccc3c4ccc5c6c(ccc(c7ccc(c2c37)C(=O)N1C1=CC=CCC1)c64)C(=O)N(C1=CC=CCC1)C5=O. The summed E-state index contributed by atoms with van der Waals surface area (Å²) in [4.78, 5) is 57.8. The van der Waals surface area contributed by atoms with Gasteiger partial charge in [-0.3, -0.25) is 19.2 Å². The maximum Gasteiger partial charge on any atom is 0.265 e. The van der Waals surface area contributed by atoms with Crippen LogP contribution in [-0.2, 0) is 0 Å². The Bertz CT molecular complexity index is 2000. The predicted molar refractivity (Wildman–Crippen MR) is 162 cm³/mol. The first-order valence-corrected chi connectivity index (χ1v) is 14.2. The van der Waals surface area contributed by atoms with Crippen LogP contribution in [0.15, 0.2) is 96.4 Å². The number of imide groups is 2. The number of nitrogens with zero attached hydrogens (tertiary/aromatic N) is 2. The van der Waals surface area contributed by atoms with Crippen LogP contribution in [0.1, 0.15) is 67.1 Å². The van der Waals surface area contributed by atoms with E-state index in [1.54, 1.807) is 0 Å². The third-order valence-electron chi connectivity index (χ3n) is 9.19. The lowest BCUT2D eigenvalue weighted by atomic mass is 9.82. The summed E-state index contributed by atoms with van der Waals surface area (Å²) in [6.45, 7) is 0. The van der Waals surface area contributed by atoms with Crippen LogP contribution in [0.3, 0.4) is 0 Å². The van der Waals surface area contributed by atoms with Crippen LogP contribution in [0.4, 0.5) is 0 Å². The molecule has 0 saturated heterocycles. The molecule has 6 heteroatoms. The van der Waals surface area contributed by atoms with Gasteiger partial charge in [-0.25, -0.2) is 9.80 Å². The van der Waals surface area contributed by atoms with Gasteiger partial charge in [0, 0.05) is 44.4 Å². The van der Waals surface area contributed by atoms with Crippen molar-refractivity contribution in [3.8, 4) is 0 Å². The topological polar surface area (TPSA) is 74.8 Å². The monoisotopic (exact) mass is 546 g/mol. The summed E-state index contributed by atoms with van der Waals surface area (Å²) in [6, 6.07) is 15.0. The molecule has 5 aromatic rings. The van der Waals surface area contributed by atoms with E-state index in [4.69, 9.17) is 0 Å². The van der Waals surface area contributed by atoms with E-state index in [2.05, 4.69) is 0 Å². The van der Waals surface area contributed by atoms with Gasteiger partial charge in [-0.15, -0.1) is 0 Å². The van der Waals surface area contributed by atoms with Gasteiger partial charge in [-0.05, 0) is 94.4 Å². The molecule has 2 aliphatic carbocycles. The maximum absolute atomic E-state index is 13.8. The first-order valence-electron chi connectivity index (χ1n) is 14.2. The van der Waals surface area contributed by atoms with Crippen molar-refractivity contribution in [1.82, 2.24) is 9.80 Å². The van der Waals surface area contributed by atoms with Gasteiger partial charge in [0.15, 0.2) is 0 Å². The second kappa shape index (κ2) is 8.10. The number of fused-ring (bicyclic) bond motifs is 2. The Morgan fingerprint density at radius 3 is 1.05 bits per heavy atom. The smallest absolute Gasteiger partial charge is 0.265 e. The molecular formula is C36H22N2O4. The predicted octanol–water partition coefficient (Wildman–Crippen LogP) is 7.40. The van der Waals surface area contributed by atoms with Crippen LogP contribution in [0.25, 0.3) is 43.1 Å². The number of hydrogen-bond acceptors (Lipinski definition) is 4. The highest BCUT2D eigenvalue weighted by Crippen LogP contribution is 2.47. The lowest BCUT2D eigenvalue weighted by molar-refractivity contribution is 0.0640. The van der Waals surface area contributed by atoms with Crippen LogP contribution in [0.2, 0.25) is 0 Å². The molecule has 9 rings (SSSR count). The van der Waals surface area contributed by atoms with Crippen LogP contribution in [-0.4, -0.2) is 33.4 Å². The van der Waals surface area contributed by atoms with Crippen molar-refractivity contribution in [2.45, 2.75) is 25.7 Å². The van der Waals surface area contributed by atoms with Crippen molar-refractivity contribution in [3.05, 3.63) is 119 Å². The van der Waals surface area contributed by atoms with Gasteiger partial charge in [-0.1, -0.05) is 48.6 Å². The van der Waals surface area contributed by atoms with E-state index in [1.807, 2.05) is 85.0 Å². The molecule has 0 unspecified atom stereocenters. The van der Waals surface area contributed by atoms with E-state index < -0.39 is 0 Å². The lowest BCUT2D eigenvalue weighted by Gasteiger charge is -2.32. The second-order valence-electron chi connectivity index (χ2n) is 11.3. The van der Waals surface area contributed by atoms with E-state index >= 15 is 0 Å². The van der Waals surface area contributed by atoms with Crippen LogP contribution >= 0.6 is 0 Å². The van der Waals surface area contributed by atoms with Crippen molar-refractivity contribution in [2.24, 2.45) is 0 Å². The van der Waals surface area contributed by atoms with Crippen molar-refractivity contribution in [1.29, 1.82) is 0 Å². The fourth-order valence-corrected chi connectivity index (χ4v) is 7.34. The molecule has 0 saturated carbocycles. The molecule has 0 aromatic heterocycles. The molecule has 6 nitrogen and oxygen atoms in total.